The van der Waals surface area contributed by atoms with Crippen LogP contribution >= 0.6 is 0 Å². The molecule has 0 aliphatic heterocycles. The van der Waals surface area contributed by atoms with Gasteiger partial charge in [-0.2, -0.15) is 0 Å². The Morgan fingerprint density at radius 3 is 2.61 bits per heavy atom. The quantitative estimate of drug-likeness (QED) is 0.743. The van der Waals surface area contributed by atoms with Crippen LogP contribution in [-0.2, 0) is 11.3 Å². The Morgan fingerprint density at radius 1 is 1.50 bits per heavy atom. The molecule has 0 saturated heterocycles. The summed E-state index contributed by atoms with van der Waals surface area (Å²) in [5.74, 6) is -0.579. The molecule has 0 bridgehead atoms. The first-order valence-corrected chi connectivity index (χ1v) is 5.47. The summed E-state index contributed by atoms with van der Waals surface area (Å²) in [6.45, 7) is 5.37. The normalized spacial score (nSPS) is 12.8. The SMILES string of the molecule is CC(C)(C)C(NC(=O)NCc1ccno1)C(=O)O. The molecule has 18 heavy (non-hydrogen) atoms. The predicted octanol–water partition coefficient (Wildman–Crippen LogP) is 0.973. The number of hydrogen-bond donors (Lipinski definition) is 3. The topological polar surface area (TPSA) is 104 Å². The molecule has 100 valence electrons. The zero-order valence-corrected chi connectivity index (χ0v) is 10.6. The molecule has 0 saturated carbocycles. The van der Waals surface area contributed by atoms with Gasteiger partial charge in [-0.1, -0.05) is 25.9 Å². The van der Waals surface area contributed by atoms with Crippen molar-refractivity contribution in [3.63, 3.8) is 0 Å². The lowest BCUT2D eigenvalue weighted by Crippen LogP contribution is -2.52. The number of amides is 2. The van der Waals surface area contributed by atoms with Crippen molar-refractivity contribution in [1.82, 2.24) is 15.8 Å². The largest absolute Gasteiger partial charge is 0.480 e. The van der Waals surface area contributed by atoms with Gasteiger partial charge in [-0.3, -0.25) is 0 Å². The minimum absolute atomic E-state index is 0.155. The zero-order chi connectivity index (χ0) is 13.8. The number of carbonyl (C=O) groups is 2. The van der Waals surface area contributed by atoms with Gasteiger partial charge >= 0.3 is 12.0 Å². The zero-order valence-electron chi connectivity index (χ0n) is 10.6. The summed E-state index contributed by atoms with van der Waals surface area (Å²) in [6.07, 6.45) is 1.46. The molecule has 0 spiro atoms. The van der Waals surface area contributed by atoms with Gasteiger partial charge in [0.05, 0.1) is 12.7 Å². The average molecular weight is 255 g/mol. The standard InChI is InChI=1S/C11H17N3O4/c1-11(2,3)8(9(15)16)14-10(17)12-6-7-4-5-13-18-7/h4-5,8H,6H2,1-3H3,(H,15,16)(H2,12,14,17). The van der Waals surface area contributed by atoms with Crippen molar-refractivity contribution < 1.29 is 19.2 Å². The van der Waals surface area contributed by atoms with Crippen LogP contribution in [0.1, 0.15) is 26.5 Å². The van der Waals surface area contributed by atoms with E-state index in [1.54, 1.807) is 26.8 Å². The summed E-state index contributed by atoms with van der Waals surface area (Å²) < 4.78 is 4.79. The Hall–Kier alpha value is -2.05. The molecule has 2 amide bonds. The highest BCUT2D eigenvalue weighted by Crippen LogP contribution is 2.19. The predicted molar refractivity (Wildman–Crippen MR) is 62.8 cm³/mol. The summed E-state index contributed by atoms with van der Waals surface area (Å²) >= 11 is 0. The first-order valence-electron chi connectivity index (χ1n) is 5.47. The minimum atomic E-state index is -1.07. The Morgan fingerprint density at radius 2 is 2.17 bits per heavy atom. The number of nitrogens with zero attached hydrogens (tertiary/aromatic N) is 1. The maximum Gasteiger partial charge on any atom is 0.326 e. The van der Waals surface area contributed by atoms with Crippen LogP contribution in [0.5, 0.6) is 0 Å². The van der Waals surface area contributed by atoms with Crippen molar-refractivity contribution in [3.05, 3.63) is 18.0 Å². The van der Waals surface area contributed by atoms with E-state index in [4.69, 9.17) is 9.63 Å². The van der Waals surface area contributed by atoms with Gasteiger partial charge in [-0.25, -0.2) is 9.59 Å². The number of carboxylic acids is 1. The van der Waals surface area contributed by atoms with Crippen LogP contribution in [0.4, 0.5) is 4.79 Å². The Bertz CT molecular complexity index is 408. The number of aromatic nitrogens is 1. The van der Waals surface area contributed by atoms with Gasteiger partial charge in [0.1, 0.15) is 6.04 Å². The van der Waals surface area contributed by atoms with E-state index in [2.05, 4.69) is 15.8 Å². The van der Waals surface area contributed by atoms with Crippen molar-refractivity contribution in [2.45, 2.75) is 33.4 Å². The van der Waals surface area contributed by atoms with Gasteiger partial charge in [0.25, 0.3) is 0 Å². The molecule has 0 radical (unpaired) electrons. The number of aliphatic carboxylic acids is 1. The maximum atomic E-state index is 11.6. The smallest absolute Gasteiger partial charge is 0.326 e. The molecule has 1 unspecified atom stereocenters. The number of carbonyl (C=O) groups excluding carboxylic acids is 1. The monoisotopic (exact) mass is 255 g/mol. The fourth-order valence-electron chi connectivity index (χ4n) is 1.33. The molecule has 1 aromatic heterocycles. The third kappa shape index (κ3) is 4.08. The second-order valence-electron chi connectivity index (χ2n) is 4.94. The van der Waals surface area contributed by atoms with Gasteiger partial charge in [-0.15, -0.1) is 0 Å². The Kier molecular flexibility index (Phi) is 4.30. The second-order valence-corrected chi connectivity index (χ2v) is 4.94. The van der Waals surface area contributed by atoms with Crippen molar-refractivity contribution in [2.24, 2.45) is 5.41 Å². The molecule has 7 heteroatoms. The fraction of sp³-hybridized carbons (Fsp3) is 0.545. The molecule has 0 aliphatic rings. The number of hydrogen-bond acceptors (Lipinski definition) is 4. The molecule has 1 rings (SSSR count). The first kappa shape index (κ1) is 14.0. The average Bonchev–Trinajstić information content (AvgIpc) is 2.73. The van der Waals surface area contributed by atoms with E-state index in [1.807, 2.05) is 0 Å². The summed E-state index contributed by atoms with van der Waals surface area (Å²) in [4.78, 5) is 22.6. The molecular weight excluding hydrogens is 238 g/mol. The van der Waals surface area contributed by atoms with Crippen LogP contribution in [0.15, 0.2) is 16.8 Å². The van der Waals surface area contributed by atoms with Crippen LogP contribution in [0.3, 0.4) is 0 Å². The first-order chi connectivity index (χ1) is 8.30. The Labute approximate surface area is 105 Å². The van der Waals surface area contributed by atoms with Crippen molar-refractivity contribution in [1.29, 1.82) is 0 Å². The molecule has 3 N–H and O–H groups in total. The molecule has 0 fully saturated rings. The highest BCUT2D eigenvalue weighted by Gasteiger charge is 2.32. The van der Waals surface area contributed by atoms with Crippen LogP contribution in [0.25, 0.3) is 0 Å². The summed E-state index contributed by atoms with van der Waals surface area (Å²) in [7, 11) is 0. The molecule has 0 aromatic carbocycles. The summed E-state index contributed by atoms with van der Waals surface area (Å²) in [5, 5.41) is 17.4. The van der Waals surface area contributed by atoms with E-state index >= 15 is 0 Å². The summed E-state index contributed by atoms with van der Waals surface area (Å²) in [5.41, 5.74) is -0.574. The third-order valence-corrected chi connectivity index (χ3v) is 2.30. The van der Waals surface area contributed by atoms with E-state index < -0.39 is 23.5 Å². The lowest BCUT2D eigenvalue weighted by molar-refractivity contribution is -0.141. The van der Waals surface area contributed by atoms with Gasteiger partial charge in [0.2, 0.25) is 0 Å². The van der Waals surface area contributed by atoms with Gasteiger partial charge in [0.15, 0.2) is 5.76 Å². The molecule has 1 heterocycles. The highest BCUT2D eigenvalue weighted by atomic mass is 16.5. The van der Waals surface area contributed by atoms with Crippen LogP contribution in [-0.4, -0.2) is 28.3 Å². The van der Waals surface area contributed by atoms with Gasteiger partial charge in [0, 0.05) is 6.07 Å². The van der Waals surface area contributed by atoms with E-state index in [9.17, 15) is 9.59 Å². The minimum Gasteiger partial charge on any atom is -0.480 e. The van der Waals surface area contributed by atoms with Crippen molar-refractivity contribution in [2.75, 3.05) is 0 Å². The summed E-state index contributed by atoms with van der Waals surface area (Å²) in [6, 6.07) is 0.0829. The lowest BCUT2D eigenvalue weighted by Gasteiger charge is -2.27. The van der Waals surface area contributed by atoms with E-state index in [0.717, 1.165) is 0 Å². The molecule has 1 atom stereocenters. The van der Waals surface area contributed by atoms with E-state index in [-0.39, 0.29) is 6.54 Å². The maximum absolute atomic E-state index is 11.6. The number of nitrogens with one attached hydrogen (secondary N) is 2. The van der Waals surface area contributed by atoms with E-state index in [1.165, 1.54) is 6.20 Å². The van der Waals surface area contributed by atoms with Crippen LogP contribution < -0.4 is 10.6 Å². The molecular formula is C11H17N3O4. The van der Waals surface area contributed by atoms with Gasteiger partial charge < -0.3 is 20.3 Å². The second kappa shape index (κ2) is 5.52. The number of urea groups is 1. The highest BCUT2D eigenvalue weighted by molar-refractivity contribution is 5.83. The number of rotatable bonds is 4. The molecule has 0 aliphatic carbocycles. The number of carboxylic acid groups (broad SMARTS) is 1. The molecule has 1 aromatic rings. The molecule has 7 nitrogen and oxygen atoms in total. The lowest BCUT2D eigenvalue weighted by atomic mass is 9.87. The van der Waals surface area contributed by atoms with Gasteiger partial charge in [-0.05, 0) is 5.41 Å². The fourth-order valence-corrected chi connectivity index (χ4v) is 1.33. The van der Waals surface area contributed by atoms with Crippen molar-refractivity contribution in [3.8, 4) is 0 Å². The van der Waals surface area contributed by atoms with Crippen LogP contribution in [0.2, 0.25) is 0 Å². The van der Waals surface area contributed by atoms with E-state index in [0.29, 0.717) is 5.76 Å². The Balaban J connectivity index is 2.49. The van der Waals surface area contributed by atoms with Crippen molar-refractivity contribution >= 4 is 12.0 Å². The third-order valence-electron chi connectivity index (χ3n) is 2.30. The van der Waals surface area contributed by atoms with Crippen LogP contribution in [0, 0.1) is 5.41 Å².